The van der Waals surface area contributed by atoms with Gasteiger partial charge in [0.25, 0.3) is 0 Å². The van der Waals surface area contributed by atoms with Gasteiger partial charge in [-0.25, -0.2) is 9.99 Å². The summed E-state index contributed by atoms with van der Waals surface area (Å²) in [6.07, 6.45) is 5.45. The number of hydrogen-bond acceptors (Lipinski definition) is 4. The van der Waals surface area contributed by atoms with Crippen LogP contribution in [-0.2, 0) is 0 Å². The molecule has 0 atom stereocenters. The molecule has 0 aliphatic carbocycles. The molecule has 4 heteroatoms. The van der Waals surface area contributed by atoms with Crippen LogP contribution in [0.4, 0.5) is 5.69 Å². The number of anilines is 1. The topological polar surface area (TPSA) is 52.0 Å². The Kier molecular flexibility index (Phi) is 3.15. The fourth-order valence-electron chi connectivity index (χ4n) is 1.75. The van der Waals surface area contributed by atoms with Crippen molar-refractivity contribution in [1.82, 2.24) is 9.99 Å². The molecule has 4 nitrogen and oxygen atoms in total. The Bertz CT molecular complexity index is 363. The van der Waals surface area contributed by atoms with Gasteiger partial charge >= 0.3 is 0 Å². The van der Waals surface area contributed by atoms with E-state index in [0.717, 1.165) is 18.8 Å². The second-order valence-corrected chi connectivity index (χ2v) is 3.70. The molecular weight excluding hydrogens is 188 g/mol. The molecule has 0 saturated carbocycles. The van der Waals surface area contributed by atoms with Crippen LogP contribution in [0.2, 0.25) is 0 Å². The molecule has 78 valence electrons. The third kappa shape index (κ3) is 2.67. The first-order valence-electron chi connectivity index (χ1n) is 5.26. The minimum atomic E-state index is 0.456. The fraction of sp³-hybridized carbons (Fsp3) is 0.455. The average Bonchev–Trinajstić information content (AvgIpc) is 2.31. The second-order valence-electron chi connectivity index (χ2n) is 3.70. The number of nitrogens with one attached hydrogen (secondary N) is 1. The summed E-state index contributed by atoms with van der Waals surface area (Å²) in [6, 6.07) is 5.69. The van der Waals surface area contributed by atoms with Crippen molar-refractivity contribution in [3.05, 3.63) is 24.0 Å². The minimum Gasteiger partial charge on any atom is -0.319 e. The molecule has 2 rings (SSSR count). The largest absolute Gasteiger partial charge is 0.319 e. The number of piperidine rings is 1. The molecule has 1 aliphatic heterocycles. The molecule has 1 N–H and O–H groups in total. The van der Waals surface area contributed by atoms with Crippen molar-refractivity contribution in [2.24, 2.45) is 0 Å². The molecule has 1 saturated heterocycles. The van der Waals surface area contributed by atoms with Crippen molar-refractivity contribution in [2.75, 3.05) is 18.5 Å². The first kappa shape index (κ1) is 9.94. The van der Waals surface area contributed by atoms with Crippen LogP contribution in [-0.4, -0.2) is 23.1 Å². The quantitative estimate of drug-likeness (QED) is 0.794. The molecule has 2 heterocycles. The van der Waals surface area contributed by atoms with Gasteiger partial charge in [0.05, 0.1) is 5.69 Å². The Balaban J connectivity index is 2.00. The highest BCUT2D eigenvalue weighted by molar-refractivity contribution is 5.45. The maximum absolute atomic E-state index is 8.71. The van der Waals surface area contributed by atoms with E-state index in [4.69, 9.17) is 5.26 Å². The van der Waals surface area contributed by atoms with Crippen LogP contribution in [0.1, 0.15) is 25.0 Å². The van der Waals surface area contributed by atoms with Crippen molar-refractivity contribution in [3.63, 3.8) is 0 Å². The summed E-state index contributed by atoms with van der Waals surface area (Å²) in [5, 5.41) is 10.9. The Morgan fingerprint density at radius 3 is 2.87 bits per heavy atom. The lowest BCUT2D eigenvalue weighted by Gasteiger charge is -2.27. The summed E-state index contributed by atoms with van der Waals surface area (Å²) in [7, 11) is 0. The molecule has 0 spiro atoms. The molecule has 0 aromatic carbocycles. The van der Waals surface area contributed by atoms with E-state index < -0.39 is 0 Å². The van der Waals surface area contributed by atoms with Gasteiger partial charge in [-0.2, -0.15) is 5.26 Å². The second kappa shape index (κ2) is 4.76. The Morgan fingerprint density at radius 1 is 1.33 bits per heavy atom. The first-order valence-corrected chi connectivity index (χ1v) is 5.26. The molecule has 15 heavy (non-hydrogen) atoms. The molecule has 1 aliphatic rings. The predicted molar refractivity (Wildman–Crippen MR) is 58.0 cm³/mol. The third-order valence-electron chi connectivity index (χ3n) is 2.52. The lowest BCUT2D eigenvalue weighted by Crippen LogP contribution is -2.34. The number of hydrogen-bond donors (Lipinski definition) is 1. The van der Waals surface area contributed by atoms with Crippen molar-refractivity contribution >= 4 is 5.69 Å². The molecular formula is C11H14N4. The Hall–Kier alpha value is -1.60. The van der Waals surface area contributed by atoms with E-state index in [-0.39, 0.29) is 0 Å². The van der Waals surface area contributed by atoms with Gasteiger partial charge in [0.2, 0.25) is 0 Å². The number of pyridine rings is 1. The van der Waals surface area contributed by atoms with Gasteiger partial charge in [-0.15, -0.1) is 0 Å². The number of hydrazine groups is 1. The van der Waals surface area contributed by atoms with Gasteiger partial charge in [0.1, 0.15) is 11.8 Å². The van der Waals surface area contributed by atoms with Crippen LogP contribution in [0.3, 0.4) is 0 Å². The van der Waals surface area contributed by atoms with Gasteiger partial charge in [-0.3, -0.25) is 0 Å². The van der Waals surface area contributed by atoms with Crippen LogP contribution in [0.5, 0.6) is 0 Å². The molecule has 0 amide bonds. The van der Waals surface area contributed by atoms with E-state index in [0.29, 0.717) is 5.69 Å². The van der Waals surface area contributed by atoms with Crippen molar-refractivity contribution < 1.29 is 0 Å². The standard InChI is InChI=1S/C11H14N4/c12-9-11-8-10(4-5-13-11)14-15-6-2-1-3-7-15/h4-5,8H,1-3,6-7H2,(H,13,14). The molecule has 1 aromatic rings. The van der Waals surface area contributed by atoms with Crippen LogP contribution in [0, 0.1) is 11.3 Å². The smallest absolute Gasteiger partial charge is 0.142 e. The maximum Gasteiger partial charge on any atom is 0.142 e. The number of nitriles is 1. The van der Waals surface area contributed by atoms with Gasteiger partial charge in [-0.05, 0) is 25.0 Å². The van der Waals surface area contributed by atoms with Crippen molar-refractivity contribution in [2.45, 2.75) is 19.3 Å². The van der Waals surface area contributed by atoms with E-state index in [2.05, 4.69) is 15.4 Å². The third-order valence-corrected chi connectivity index (χ3v) is 2.52. The highest BCUT2D eigenvalue weighted by atomic mass is 15.5. The number of nitrogens with zero attached hydrogens (tertiary/aromatic N) is 3. The highest BCUT2D eigenvalue weighted by Crippen LogP contribution is 2.13. The zero-order valence-corrected chi connectivity index (χ0v) is 8.61. The van der Waals surface area contributed by atoms with Crippen LogP contribution < -0.4 is 5.43 Å². The Labute approximate surface area is 89.5 Å². The summed E-state index contributed by atoms with van der Waals surface area (Å²) >= 11 is 0. The first-order chi connectivity index (χ1) is 7.38. The van der Waals surface area contributed by atoms with Crippen molar-refractivity contribution in [1.29, 1.82) is 5.26 Å². The van der Waals surface area contributed by atoms with E-state index in [9.17, 15) is 0 Å². The van der Waals surface area contributed by atoms with Gasteiger partial charge in [0.15, 0.2) is 0 Å². The molecule has 0 radical (unpaired) electrons. The van der Waals surface area contributed by atoms with Crippen LogP contribution in [0.15, 0.2) is 18.3 Å². The zero-order valence-electron chi connectivity index (χ0n) is 8.61. The lowest BCUT2D eigenvalue weighted by atomic mass is 10.2. The molecule has 0 bridgehead atoms. The normalized spacial score (nSPS) is 17.0. The number of rotatable bonds is 2. The summed E-state index contributed by atoms with van der Waals surface area (Å²) in [5.74, 6) is 0. The SMILES string of the molecule is N#Cc1cc(NN2CCCCC2)ccn1. The summed E-state index contributed by atoms with van der Waals surface area (Å²) in [4.78, 5) is 3.93. The highest BCUT2D eigenvalue weighted by Gasteiger charge is 2.09. The van der Waals surface area contributed by atoms with E-state index >= 15 is 0 Å². The predicted octanol–water partition coefficient (Wildman–Crippen LogP) is 1.77. The summed E-state index contributed by atoms with van der Waals surface area (Å²) in [5.41, 5.74) is 4.70. The maximum atomic E-state index is 8.71. The van der Waals surface area contributed by atoms with E-state index in [1.54, 1.807) is 12.3 Å². The van der Waals surface area contributed by atoms with Crippen molar-refractivity contribution in [3.8, 4) is 6.07 Å². The van der Waals surface area contributed by atoms with E-state index in [1.165, 1.54) is 19.3 Å². The van der Waals surface area contributed by atoms with Gasteiger partial charge in [0, 0.05) is 19.3 Å². The zero-order chi connectivity index (χ0) is 10.5. The van der Waals surface area contributed by atoms with E-state index in [1.807, 2.05) is 12.1 Å². The lowest BCUT2D eigenvalue weighted by molar-refractivity contribution is 0.273. The molecule has 1 aromatic heterocycles. The Morgan fingerprint density at radius 2 is 2.13 bits per heavy atom. The summed E-state index contributed by atoms with van der Waals surface area (Å²) < 4.78 is 0. The van der Waals surface area contributed by atoms with Crippen LogP contribution in [0.25, 0.3) is 0 Å². The van der Waals surface area contributed by atoms with Gasteiger partial charge < -0.3 is 5.43 Å². The summed E-state index contributed by atoms with van der Waals surface area (Å²) in [6.45, 7) is 2.15. The fourth-order valence-corrected chi connectivity index (χ4v) is 1.75. The molecule has 0 unspecified atom stereocenters. The number of aromatic nitrogens is 1. The van der Waals surface area contributed by atoms with Gasteiger partial charge in [-0.1, -0.05) is 6.42 Å². The average molecular weight is 202 g/mol. The monoisotopic (exact) mass is 202 g/mol. The minimum absolute atomic E-state index is 0.456. The molecule has 1 fully saturated rings. The van der Waals surface area contributed by atoms with Crippen LogP contribution >= 0.6 is 0 Å².